The largest absolute Gasteiger partial charge is 0.393 e. The van der Waals surface area contributed by atoms with Crippen LogP contribution in [-0.4, -0.2) is 36.5 Å². The molecule has 0 aromatic carbocycles. The number of hydrogen-bond donors (Lipinski definition) is 2. The normalized spacial score (nSPS) is 47.1. The van der Waals surface area contributed by atoms with Gasteiger partial charge in [-0.15, -0.1) is 0 Å². The fourth-order valence-corrected chi connectivity index (χ4v) is 1.81. The molecule has 2 saturated heterocycles. The second kappa shape index (κ2) is 2.49. The number of nitrogens with one attached hydrogen (secondary N) is 1. The summed E-state index contributed by atoms with van der Waals surface area (Å²) < 4.78 is 5.31. The number of fused-ring (bicyclic) bond motifs is 2. The van der Waals surface area contributed by atoms with Crippen molar-refractivity contribution in [2.24, 2.45) is 0 Å². The van der Waals surface area contributed by atoms with Gasteiger partial charge in [-0.25, -0.2) is 0 Å². The zero-order valence-corrected chi connectivity index (χ0v) is 5.92. The molecule has 0 radical (unpaired) electrons. The Balaban J connectivity index is 1.98. The number of aliphatic hydroxyl groups excluding tert-OH is 1. The minimum atomic E-state index is -0.0971. The number of hydrogen-bond acceptors (Lipinski definition) is 3. The van der Waals surface area contributed by atoms with E-state index in [1.807, 2.05) is 0 Å². The summed E-state index contributed by atoms with van der Waals surface area (Å²) in [7, 11) is 0. The van der Waals surface area contributed by atoms with Crippen LogP contribution in [0.5, 0.6) is 0 Å². The van der Waals surface area contributed by atoms with Gasteiger partial charge in [0.05, 0.1) is 19.3 Å². The van der Waals surface area contributed by atoms with Crippen LogP contribution in [0.3, 0.4) is 0 Å². The Bertz CT molecular complexity index is 113. The highest BCUT2D eigenvalue weighted by Crippen LogP contribution is 2.17. The standard InChI is InChI=1S/C7H13NO2/c9-7-1-5-3-10-4-6(2-7)8-5/h5-9H,1-4H2. The van der Waals surface area contributed by atoms with Crippen molar-refractivity contribution in [2.75, 3.05) is 13.2 Å². The van der Waals surface area contributed by atoms with E-state index in [9.17, 15) is 5.11 Å². The van der Waals surface area contributed by atoms with E-state index in [-0.39, 0.29) is 6.10 Å². The predicted octanol–water partition coefficient (Wildman–Crippen LogP) is -0.502. The van der Waals surface area contributed by atoms with Crippen LogP contribution in [0.4, 0.5) is 0 Å². The smallest absolute Gasteiger partial charge is 0.0621 e. The number of aliphatic hydroxyl groups is 1. The zero-order valence-electron chi connectivity index (χ0n) is 5.92. The lowest BCUT2D eigenvalue weighted by Gasteiger charge is -2.38. The minimum absolute atomic E-state index is 0.0971. The van der Waals surface area contributed by atoms with E-state index in [4.69, 9.17) is 4.74 Å². The van der Waals surface area contributed by atoms with Gasteiger partial charge in [0.1, 0.15) is 0 Å². The Kier molecular flexibility index (Phi) is 1.64. The van der Waals surface area contributed by atoms with Crippen molar-refractivity contribution in [3.05, 3.63) is 0 Å². The first-order chi connectivity index (χ1) is 4.84. The fourth-order valence-electron chi connectivity index (χ4n) is 1.81. The highest BCUT2D eigenvalue weighted by atomic mass is 16.5. The van der Waals surface area contributed by atoms with E-state index < -0.39 is 0 Å². The Morgan fingerprint density at radius 1 is 1.20 bits per heavy atom. The van der Waals surface area contributed by atoms with E-state index in [0.717, 1.165) is 26.1 Å². The summed E-state index contributed by atoms with van der Waals surface area (Å²) in [4.78, 5) is 0. The van der Waals surface area contributed by atoms with Gasteiger partial charge in [-0.1, -0.05) is 0 Å². The van der Waals surface area contributed by atoms with Crippen LogP contribution < -0.4 is 5.32 Å². The third kappa shape index (κ3) is 1.17. The van der Waals surface area contributed by atoms with Gasteiger partial charge in [0.15, 0.2) is 0 Å². The lowest BCUT2D eigenvalue weighted by molar-refractivity contribution is -0.0193. The Labute approximate surface area is 60.4 Å². The molecule has 3 heteroatoms. The molecule has 10 heavy (non-hydrogen) atoms. The average Bonchev–Trinajstić information content (AvgIpc) is 1.85. The summed E-state index contributed by atoms with van der Waals surface area (Å²) >= 11 is 0. The molecule has 2 unspecified atom stereocenters. The summed E-state index contributed by atoms with van der Waals surface area (Å²) in [5.41, 5.74) is 0. The molecule has 0 aromatic heterocycles. The minimum Gasteiger partial charge on any atom is -0.393 e. The van der Waals surface area contributed by atoms with E-state index in [2.05, 4.69) is 5.32 Å². The Hall–Kier alpha value is -0.120. The summed E-state index contributed by atoms with van der Waals surface area (Å²) in [5.74, 6) is 0. The van der Waals surface area contributed by atoms with Crippen LogP contribution in [0.1, 0.15) is 12.8 Å². The molecule has 2 fully saturated rings. The SMILES string of the molecule is OC1CC2COCC(C1)N2. The maximum absolute atomic E-state index is 9.32. The average molecular weight is 143 g/mol. The molecule has 0 amide bonds. The van der Waals surface area contributed by atoms with Gasteiger partial charge in [-0.2, -0.15) is 0 Å². The van der Waals surface area contributed by atoms with Gasteiger partial charge in [0.25, 0.3) is 0 Å². The number of rotatable bonds is 0. The molecule has 2 atom stereocenters. The van der Waals surface area contributed by atoms with Crippen molar-refractivity contribution >= 4 is 0 Å². The first-order valence-electron chi connectivity index (χ1n) is 3.86. The van der Waals surface area contributed by atoms with Crippen LogP contribution in [0.2, 0.25) is 0 Å². The number of morpholine rings is 1. The summed E-state index contributed by atoms with van der Waals surface area (Å²) in [6.45, 7) is 1.54. The van der Waals surface area contributed by atoms with Crippen molar-refractivity contribution < 1.29 is 9.84 Å². The second-order valence-electron chi connectivity index (χ2n) is 3.22. The predicted molar refractivity (Wildman–Crippen MR) is 36.8 cm³/mol. The second-order valence-corrected chi connectivity index (χ2v) is 3.22. The van der Waals surface area contributed by atoms with Crippen LogP contribution in [0.25, 0.3) is 0 Å². The highest BCUT2D eigenvalue weighted by Gasteiger charge is 2.30. The molecule has 3 nitrogen and oxygen atoms in total. The maximum Gasteiger partial charge on any atom is 0.0621 e. The van der Waals surface area contributed by atoms with Crippen molar-refractivity contribution in [1.82, 2.24) is 5.32 Å². The quantitative estimate of drug-likeness (QED) is 0.480. The Morgan fingerprint density at radius 2 is 1.80 bits per heavy atom. The zero-order chi connectivity index (χ0) is 6.97. The molecule has 2 aliphatic heterocycles. The van der Waals surface area contributed by atoms with E-state index in [1.54, 1.807) is 0 Å². The van der Waals surface area contributed by atoms with Gasteiger partial charge in [0, 0.05) is 12.1 Å². The van der Waals surface area contributed by atoms with Crippen LogP contribution in [-0.2, 0) is 4.74 Å². The van der Waals surface area contributed by atoms with Crippen molar-refractivity contribution in [3.8, 4) is 0 Å². The summed E-state index contributed by atoms with van der Waals surface area (Å²) in [6.07, 6.45) is 1.62. The van der Waals surface area contributed by atoms with E-state index >= 15 is 0 Å². The molecule has 0 saturated carbocycles. The highest BCUT2D eigenvalue weighted by molar-refractivity contribution is 4.87. The molecule has 2 bridgehead atoms. The number of piperidine rings is 1. The van der Waals surface area contributed by atoms with Gasteiger partial charge < -0.3 is 15.2 Å². The van der Waals surface area contributed by atoms with Crippen molar-refractivity contribution in [1.29, 1.82) is 0 Å². The molecule has 2 heterocycles. The van der Waals surface area contributed by atoms with Crippen molar-refractivity contribution in [2.45, 2.75) is 31.0 Å². The first-order valence-corrected chi connectivity index (χ1v) is 3.86. The molecule has 2 N–H and O–H groups in total. The molecular formula is C7H13NO2. The maximum atomic E-state index is 9.32. The molecule has 0 aromatic rings. The molecule has 58 valence electrons. The molecule has 0 aliphatic carbocycles. The molecular weight excluding hydrogens is 130 g/mol. The lowest BCUT2D eigenvalue weighted by atomic mass is 9.95. The van der Waals surface area contributed by atoms with E-state index in [1.165, 1.54) is 0 Å². The lowest BCUT2D eigenvalue weighted by Crippen LogP contribution is -2.55. The van der Waals surface area contributed by atoms with Gasteiger partial charge in [-0.05, 0) is 12.8 Å². The molecule has 0 spiro atoms. The van der Waals surface area contributed by atoms with Gasteiger partial charge in [0.2, 0.25) is 0 Å². The summed E-state index contributed by atoms with van der Waals surface area (Å²) in [5, 5.41) is 12.7. The molecule has 2 aliphatic rings. The monoisotopic (exact) mass is 143 g/mol. The topological polar surface area (TPSA) is 41.5 Å². The van der Waals surface area contributed by atoms with Crippen LogP contribution >= 0.6 is 0 Å². The van der Waals surface area contributed by atoms with Crippen LogP contribution in [0, 0.1) is 0 Å². The number of ether oxygens (including phenoxy) is 1. The summed E-state index contributed by atoms with van der Waals surface area (Å²) in [6, 6.07) is 0.810. The van der Waals surface area contributed by atoms with Crippen LogP contribution in [0.15, 0.2) is 0 Å². The van der Waals surface area contributed by atoms with E-state index in [0.29, 0.717) is 12.1 Å². The van der Waals surface area contributed by atoms with Gasteiger partial charge >= 0.3 is 0 Å². The van der Waals surface area contributed by atoms with Gasteiger partial charge in [-0.3, -0.25) is 0 Å². The third-order valence-corrected chi connectivity index (χ3v) is 2.22. The Morgan fingerprint density at radius 3 is 2.40 bits per heavy atom. The fraction of sp³-hybridized carbons (Fsp3) is 1.00. The molecule has 2 rings (SSSR count). The van der Waals surface area contributed by atoms with Crippen molar-refractivity contribution in [3.63, 3.8) is 0 Å². The third-order valence-electron chi connectivity index (χ3n) is 2.22. The first kappa shape index (κ1) is 6.58.